The summed E-state index contributed by atoms with van der Waals surface area (Å²) in [5.41, 5.74) is 3.79. The minimum Gasteiger partial charge on any atom is -0.468 e. The highest BCUT2D eigenvalue weighted by Crippen LogP contribution is 2.32. The van der Waals surface area contributed by atoms with Gasteiger partial charge in [0.15, 0.2) is 5.76 Å². The zero-order valence-electron chi connectivity index (χ0n) is 24.0. The Bertz CT molecular complexity index is 1720. The van der Waals surface area contributed by atoms with Crippen LogP contribution in [-0.4, -0.2) is 39.4 Å². The predicted octanol–water partition coefficient (Wildman–Crippen LogP) is 5.48. The number of hydrogen-bond acceptors (Lipinski definition) is 7. The van der Waals surface area contributed by atoms with Crippen molar-refractivity contribution in [2.75, 3.05) is 17.7 Å². The molecule has 0 radical (unpaired) electrons. The van der Waals surface area contributed by atoms with Crippen molar-refractivity contribution in [3.63, 3.8) is 0 Å². The molecular weight excluding hydrogens is 558 g/mol. The summed E-state index contributed by atoms with van der Waals surface area (Å²) < 4.78 is 38.7. The lowest BCUT2D eigenvalue weighted by Gasteiger charge is -2.19. The molecule has 0 aliphatic heterocycles. The van der Waals surface area contributed by atoms with Crippen LogP contribution in [0.5, 0.6) is 0 Å². The van der Waals surface area contributed by atoms with Gasteiger partial charge in [0.05, 0.1) is 17.7 Å². The molecule has 2 amide bonds. The Balaban J connectivity index is 1.48. The molecule has 0 spiro atoms. The average Bonchev–Trinajstić information content (AvgIpc) is 3.33. The van der Waals surface area contributed by atoms with E-state index in [0.29, 0.717) is 34.3 Å². The van der Waals surface area contributed by atoms with Crippen molar-refractivity contribution in [1.29, 1.82) is 0 Å². The number of esters is 1. The first-order valence-electron chi connectivity index (χ1n) is 13.4. The molecule has 0 fully saturated rings. The predicted molar refractivity (Wildman–Crippen MR) is 161 cm³/mol. The van der Waals surface area contributed by atoms with Gasteiger partial charge in [-0.3, -0.25) is 14.4 Å². The topological polar surface area (TPSA) is 144 Å². The molecule has 10 nitrogen and oxygen atoms in total. The van der Waals surface area contributed by atoms with E-state index >= 15 is 0 Å². The van der Waals surface area contributed by atoms with E-state index in [0.717, 1.165) is 11.1 Å². The van der Waals surface area contributed by atoms with E-state index in [9.17, 15) is 22.8 Å². The summed E-state index contributed by atoms with van der Waals surface area (Å²) in [5.74, 6) is -1.38. The molecule has 42 heavy (non-hydrogen) atoms. The van der Waals surface area contributed by atoms with Gasteiger partial charge in [0.1, 0.15) is 11.6 Å². The van der Waals surface area contributed by atoms with Gasteiger partial charge in [-0.2, -0.15) is 4.72 Å². The van der Waals surface area contributed by atoms with Crippen LogP contribution in [0.1, 0.15) is 43.3 Å². The first kappa shape index (κ1) is 30.5. The molecule has 0 aliphatic carbocycles. The van der Waals surface area contributed by atoms with Gasteiger partial charge in [0, 0.05) is 23.1 Å². The number of fused-ring (bicyclic) bond motifs is 1. The number of sulfonamides is 1. The number of rotatable bonds is 10. The standard InChI is InChI=1S/C31H33N3O7S/c1-6-26(35)33-24-8-7-9-25-27(24)19(4)29(41-25)30(36)32-22-14-10-20(11-15-22)21-12-16-23(17-13-21)42(38,39)34-28(18(2)3)31(37)40-5/h7-18,28,34H,6H2,1-5H3,(H,32,36)(H,33,35). The fraction of sp³-hybridized carbons (Fsp3) is 0.258. The van der Waals surface area contributed by atoms with Gasteiger partial charge >= 0.3 is 5.97 Å². The van der Waals surface area contributed by atoms with E-state index in [2.05, 4.69) is 15.4 Å². The Labute approximate surface area is 244 Å². The van der Waals surface area contributed by atoms with Gasteiger partial charge in [-0.1, -0.05) is 51.1 Å². The van der Waals surface area contributed by atoms with Crippen molar-refractivity contribution in [3.8, 4) is 11.1 Å². The van der Waals surface area contributed by atoms with Crippen molar-refractivity contribution in [2.24, 2.45) is 5.92 Å². The number of anilines is 2. The lowest BCUT2D eigenvalue weighted by atomic mass is 10.1. The summed E-state index contributed by atoms with van der Waals surface area (Å²) in [6.45, 7) is 6.98. The van der Waals surface area contributed by atoms with Crippen LogP contribution in [0.3, 0.4) is 0 Å². The molecule has 3 N–H and O–H groups in total. The fourth-order valence-corrected chi connectivity index (χ4v) is 5.77. The van der Waals surface area contributed by atoms with Crippen LogP contribution in [0.2, 0.25) is 0 Å². The molecule has 4 rings (SSSR count). The average molecular weight is 592 g/mol. The SMILES string of the molecule is CCC(=O)Nc1cccc2oc(C(=O)Nc3ccc(-c4ccc(S(=O)(=O)NC(C(=O)OC)C(C)C)cc4)cc3)c(C)c12. The third kappa shape index (κ3) is 6.53. The molecule has 220 valence electrons. The molecular formula is C31H33N3O7S. The smallest absolute Gasteiger partial charge is 0.324 e. The van der Waals surface area contributed by atoms with Crippen LogP contribution in [-0.2, 0) is 24.3 Å². The summed E-state index contributed by atoms with van der Waals surface area (Å²) in [5, 5.41) is 6.35. The second-order valence-corrected chi connectivity index (χ2v) is 11.8. The van der Waals surface area contributed by atoms with Gasteiger partial charge in [-0.15, -0.1) is 0 Å². The quantitative estimate of drug-likeness (QED) is 0.207. The van der Waals surface area contributed by atoms with Gasteiger partial charge in [0.25, 0.3) is 5.91 Å². The van der Waals surface area contributed by atoms with Crippen LogP contribution in [0.4, 0.5) is 11.4 Å². The Morgan fingerprint density at radius 1 is 0.905 bits per heavy atom. The number of methoxy groups -OCH3 is 1. The van der Waals surface area contributed by atoms with E-state index in [1.165, 1.54) is 19.2 Å². The normalized spacial score (nSPS) is 12.2. The number of ether oxygens (including phenoxy) is 1. The number of benzene rings is 3. The minimum atomic E-state index is -3.96. The maximum atomic E-state index is 13.1. The lowest BCUT2D eigenvalue weighted by molar-refractivity contribution is -0.143. The summed E-state index contributed by atoms with van der Waals surface area (Å²) >= 11 is 0. The molecule has 0 aliphatic rings. The number of carbonyl (C=O) groups excluding carboxylic acids is 3. The fourth-order valence-electron chi connectivity index (χ4n) is 4.44. The molecule has 11 heteroatoms. The monoisotopic (exact) mass is 591 g/mol. The molecule has 1 unspecified atom stereocenters. The van der Waals surface area contributed by atoms with Crippen molar-refractivity contribution >= 4 is 50.2 Å². The molecule has 0 bridgehead atoms. The summed E-state index contributed by atoms with van der Waals surface area (Å²) in [7, 11) is -2.75. The van der Waals surface area contributed by atoms with Gasteiger partial charge in [0.2, 0.25) is 15.9 Å². The highest BCUT2D eigenvalue weighted by molar-refractivity contribution is 7.89. The Kier molecular flexibility index (Phi) is 9.13. The van der Waals surface area contributed by atoms with Crippen LogP contribution in [0.15, 0.2) is 76.0 Å². The van der Waals surface area contributed by atoms with Gasteiger partial charge in [-0.05, 0) is 60.4 Å². The molecule has 1 aromatic heterocycles. The number of nitrogens with one attached hydrogen (secondary N) is 3. The summed E-state index contributed by atoms with van der Waals surface area (Å²) in [6, 6.07) is 17.6. The van der Waals surface area contributed by atoms with Crippen molar-refractivity contribution in [1.82, 2.24) is 4.72 Å². The number of aryl methyl sites for hydroxylation is 1. The largest absolute Gasteiger partial charge is 0.468 e. The Hall–Kier alpha value is -4.48. The van der Waals surface area contributed by atoms with Crippen LogP contribution < -0.4 is 15.4 Å². The van der Waals surface area contributed by atoms with Crippen molar-refractivity contribution in [2.45, 2.75) is 45.1 Å². The first-order chi connectivity index (χ1) is 19.9. The number of carbonyl (C=O) groups is 3. The van der Waals surface area contributed by atoms with E-state index < -0.39 is 27.9 Å². The van der Waals surface area contributed by atoms with Crippen LogP contribution in [0, 0.1) is 12.8 Å². The third-order valence-corrected chi connectivity index (χ3v) is 8.26. The number of furan rings is 1. The third-order valence-electron chi connectivity index (χ3n) is 6.80. The van der Waals surface area contributed by atoms with E-state index in [4.69, 9.17) is 9.15 Å². The Morgan fingerprint density at radius 3 is 2.10 bits per heavy atom. The zero-order valence-corrected chi connectivity index (χ0v) is 24.8. The summed E-state index contributed by atoms with van der Waals surface area (Å²) in [6.07, 6.45) is 0.326. The first-order valence-corrected chi connectivity index (χ1v) is 14.9. The number of amides is 2. The number of hydrogen-bond donors (Lipinski definition) is 3. The molecule has 3 aromatic carbocycles. The highest BCUT2D eigenvalue weighted by Gasteiger charge is 2.29. The van der Waals surface area contributed by atoms with Gasteiger partial charge < -0.3 is 19.8 Å². The second kappa shape index (κ2) is 12.6. The van der Waals surface area contributed by atoms with Crippen molar-refractivity contribution < 1.29 is 32.0 Å². The van der Waals surface area contributed by atoms with E-state index in [-0.39, 0.29) is 22.5 Å². The van der Waals surface area contributed by atoms with Crippen LogP contribution >= 0.6 is 0 Å². The van der Waals surface area contributed by atoms with Crippen LogP contribution in [0.25, 0.3) is 22.1 Å². The maximum Gasteiger partial charge on any atom is 0.324 e. The lowest BCUT2D eigenvalue weighted by Crippen LogP contribution is -2.44. The molecule has 4 aromatic rings. The van der Waals surface area contributed by atoms with E-state index in [1.807, 2.05) is 0 Å². The minimum absolute atomic E-state index is 0.0170. The van der Waals surface area contributed by atoms with Gasteiger partial charge in [-0.25, -0.2) is 8.42 Å². The maximum absolute atomic E-state index is 13.1. The summed E-state index contributed by atoms with van der Waals surface area (Å²) in [4.78, 5) is 37.0. The second-order valence-electron chi connectivity index (χ2n) is 10.1. The van der Waals surface area contributed by atoms with Crippen molar-refractivity contribution in [3.05, 3.63) is 78.1 Å². The zero-order chi connectivity index (χ0) is 30.6. The highest BCUT2D eigenvalue weighted by atomic mass is 32.2. The molecule has 1 heterocycles. The molecule has 0 saturated heterocycles. The van der Waals surface area contributed by atoms with E-state index in [1.54, 1.807) is 82.3 Å². The molecule has 0 saturated carbocycles. The Morgan fingerprint density at radius 2 is 1.52 bits per heavy atom. The molecule has 1 atom stereocenters.